The Morgan fingerprint density at radius 2 is 2.04 bits per heavy atom. The molecule has 0 atom stereocenters. The molecule has 0 unspecified atom stereocenters. The third kappa shape index (κ3) is 4.73. The van der Waals surface area contributed by atoms with Gasteiger partial charge in [0.1, 0.15) is 0 Å². The second kappa shape index (κ2) is 7.69. The Hall–Kier alpha value is -2.03. The van der Waals surface area contributed by atoms with E-state index in [9.17, 15) is 18.4 Å². The fourth-order valence-corrected chi connectivity index (χ4v) is 2.94. The third-order valence-electron chi connectivity index (χ3n) is 3.26. The van der Waals surface area contributed by atoms with Crippen molar-refractivity contribution < 1.29 is 28.1 Å². The molecule has 0 aliphatic carbocycles. The average Bonchev–Trinajstić information content (AvgIpc) is 2.53. The van der Waals surface area contributed by atoms with Gasteiger partial charge in [0.15, 0.2) is 0 Å². The maximum absolute atomic E-state index is 12.6. The summed E-state index contributed by atoms with van der Waals surface area (Å²) in [5.41, 5.74) is 2.50. The molecule has 2 aromatic rings. The van der Waals surface area contributed by atoms with Gasteiger partial charge in [-0.1, -0.05) is 0 Å². The Bertz CT molecular complexity index is 767. The first-order chi connectivity index (χ1) is 11.3. The number of halogens is 3. The third-order valence-corrected chi connectivity index (χ3v) is 4.23. The molecule has 0 amide bonds. The molecule has 24 heavy (non-hydrogen) atoms. The number of rotatable bonds is 5. The van der Waals surface area contributed by atoms with Crippen LogP contribution < -0.4 is 9.78 Å². The molecule has 1 aromatic heterocycles. The average molecular weight is 375 g/mol. The van der Waals surface area contributed by atoms with Gasteiger partial charge >= 0.3 is 145 Å². The van der Waals surface area contributed by atoms with Crippen LogP contribution in [-0.4, -0.2) is 16.6 Å². The summed E-state index contributed by atoms with van der Waals surface area (Å²) in [6.45, 7) is 4.52. The molecule has 0 saturated heterocycles. The van der Waals surface area contributed by atoms with Gasteiger partial charge in [-0.3, -0.25) is 0 Å². The van der Waals surface area contributed by atoms with E-state index in [4.69, 9.17) is 0 Å². The molecule has 128 valence electrons. The summed E-state index contributed by atoms with van der Waals surface area (Å²) in [7, 11) is 0. The first-order valence-electron chi connectivity index (χ1n) is 7.29. The van der Waals surface area contributed by atoms with Crippen molar-refractivity contribution in [2.24, 2.45) is 0 Å². The molecular weight excluding hydrogens is 359 g/mol. The van der Waals surface area contributed by atoms with Crippen molar-refractivity contribution in [3.63, 3.8) is 0 Å². The number of hydrogen-bond acceptors (Lipinski definition) is 3. The Morgan fingerprint density at radius 1 is 1.29 bits per heavy atom. The topological polar surface area (TPSA) is 48.7 Å². The summed E-state index contributed by atoms with van der Waals surface area (Å²) in [5, 5.41) is 8.10. The predicted octanol–water partition coefficient (Wildman–Crippen LogP) is 3.98. The molecule has 0 saturated carbocycles. The summed E-state index contributed by atoms with van der Waals surface area (Å²) in [6, 6.07) is 8.39. The molecule has 2 rings (SSSR count). The van der Waals surface area contributed by atoms with E-state index in [1.54, 1.807) is 18.3 Å². The Labute approximate surface area is 145 Å². The summed E-state index contributed by atoms with van der Waals surface area (Å²) >= 11 is -0.977. The normalized spacial score (nSPS) is 11.3. The van der Waals surface area contributed by atoms with Crippen molar-refractivity contribution in [2.75, 3.05) is 11.9 Å². The van der Waals surface area contributed by atoms with Crippen LogP contribution in [0.3, 0.4) is 0 Å². The number of aryl methyl sites for hydroxylation is 1. The minimum atomic E-state index is -4.25. The van der Waals surface area contributed by atoms with Crippen molar-refractivity contribution >= 4 is 10.3 Å². The van der Waals surface area contributed by atoms with Gasteiger partial charge in [0, 0.05) is 0 Å². The van der Waals surface area contributed by atoms with E-state index in [1.807, 2.05) is 13.8 Å². The van der Waals surface area contributed by atoms with Crippen LogP contribution in [0.2, 0.25) is 0 Å². The number of nitrogens with zero attached hydrogens (tertiary/aromatic N) is 2. The number of alkyl halides is 3. The second-order valence-corrected chi connectivity index (χ2v) is 6.65. The standard InChI is InChI=1S/C16H16N3.CF3.Fe/c1-3-8-18-16-13(10-17)9-14(11-19-16)15-7-5-4-6-12(15)2;2-1(3)4;/h4,6-7,9,11H,3,8H2,1-2H3,(H,18,19);;. The molecule has 0 aliphatic rings. The monoisotopic (exact) mass is 375 g/mol. The van der Waals surface area contributed by atoms with E-state index in [0.717, 1.165) is 12.0 Å². The molecule has 0 aliphatic heterocycles. The number of hydrogen-bond donors (Lipinski definition) is 1. The summed E-state index contributed by atoms with van der Waals surface area (Å²) < 4.78 is 38.0. The number of benzene rings is 1. The zero-order valence-corrected chi connectivity index (χ0v) is 14.3. The fraction of sp³-hybridized carbons (Fsp3) is 0.294. The van der Waals surface area contributed by atoms with E-state index in [2.05, 4.69) is 16.4 Å². The fourth-order valence-electron chi connectivity index (χ4n) is 2.15. The Morgan fingerprint density at radius 3 is 2.67 bits per heavy atom. The van der Waals surface area contributed by atoms with Crippen molar-refractivity contribution in [1.82, 2.24) is 4.98 Å². The van der Waals surface area contributed by atoms with E-state index >= 15 is 0 Å². The van der Waals surface area contributed by atoms with Gasteiger partial charge in [0.05, 0.1) is 0 Å². The van der Waals surface area contributed by atoms with Crippen molar-refractivity contribution in [2.45, 2.75) is 25.3 Å². The molecule has 0 bridgehead atoms. The van der Waals surface area contributed by atoms with Gasteiger partial charge in [-0.05, 0) is 0 Å². The molecule has 0 radical (unpaired) electrons. The summed E-state index contributed by atoms with van der Waals surface area (Å²) in [5.74, 6) is 0.493. The maximum atomic E-state index is 12.6. The van der Waals surface area contributed by atoms with Crippen LogP contribution >= 0.6 is 0 Å². The Kier molecular flexibility index (Phi) is 5.87. The first kappa shape index (κ1) is 18.3. The second-order valence-electron chi connectivity index (χ2n) is 5.11. The van der Waals surface area contributed by atoms with Gasteiger partial charge in [-0.25, -0.2) is 0 Å². The molecule has 7 heteroatoms. The van der Waals surface area contributed by atoms with Crippen LogP contribution in [0.5, 0.6) is 0 Å². The number of anilines is 1. The van der Waals surface area contributed by atoms with Gasteiger partial charge < -0.3 is 0 Å². The van der Waals surface area contributed by atoms with Crippen LogP contribution in [0, 0.1) is 18.3 Å². The van der Waals surface area contributed by atoms with Crippen LogP contribution in [0.25, 0.3) is 11.1 Å². The van der Waals surface area contributed by atoms with Crippen LogP contribution in [0.15, 0.2) is 30.5 Å². The number of nitrogens with one attached hydrogen (secondary N) is 1. The summed E-state index contributed by atoms with van der Waals surface area (Å²) in [6.07, 6.45) is 2.48. The molecule has 0 fully saturated rings. The van der Waals surface area contributed by atoms with E-state index < -0.39 is 20.0 Å². The Balaban J connectivity index is 2.41. The molecular formula is C17H16F3FeN3. The quantitative estimate of drug-likeness (QED) is 0.805. The molecule has 1 aromatic carbocycles. The van der Waals surface area contributed by atoms with E-state index in [0.29, 0.717) is 29.1 Å². The predicted molar refractivity (Wildman–Crippen MR) is 83.6 cm³/mol. The molecule has 0 spiro atoms. The van der Waals surface area contributed by atoms with E-state index in [1.165, 1.54) is 12.1 Å². The number of aromatic nitrogens is 1. The van der Waals surface area contributed by atoms with Crippen molar-refractivity contribution in [3.8, 4) is 17.2 Å². The van der Waals surface area contributed by atoms with Crippen LogP contribution in [0.1, 0.15) is 24.5 Å². The SMILES string of the molecule is CCCNc1ncc(-c2c[c]([Fe][C](F)(F)F)ccc2C)cc1C#N. The zero-order chi connectivity index (χ0) is 17.7. The van der Waals surface area contributed by atoms with Gasteiger partial charge in [-0.2, -0.15) is 0 Å². The molecule has 1 N–H and O–H groups in total. The minimum absolute atomic E-state index is 0.190. The van der Waals surface area contributed by atoms with Gasteiger partial charge in [0.25, 0.3) is 0 Å². The zero-order valence-electron chi connectivity index (χ0n) is 13.2. The van der Waals surface area contributed by atoms with Crippen molar-refractivity contribution in [3.05, 3.63) is 41.6 Å². The van der Waals surface area contributed by atoms with Crippen LogP contribution in [0.4, 0.5) is 19.0 Å². The van der Waals surface area contributed by atoms with Gasteiger partial charge in [0.2, 0.25) is 0 Å². The molecule has 1 heterocycles. The summed E-state index contributed by atoms with van der Waals surface area (Å²) in [4.78, 5) is 4.25. The van der Waals surface area contributed by atoms with E-state index in [-0.39, 0.29) is 4.46 Å². The number of pyridine rings is 1. The first-order valence-corrected chi connectivity index (χ1v) is 8.39. The molecule has 3 nitrogen and oxygen atoms in total. The van der Waals surface area contributed by atoms with Crippen molar-refractivity contribution in [1.29, 1.82) is 5.26 Å². The van der Waals surface area contributed by atoms with Crippen LogP contribution in [-0.2, 0) is 15.0 Å². The van der Waals surface area contributed by atoms with Gasteiger partial charge in [-0.15, -0.1) is 0 Å². The number of nitriles is 1.